The minimum absolute atomic E-state index is 0.00258. The van der Waals surface area contributed by atoms with Gasteiger partial charge in [0.15, 0.2) is 5.69 Å². The fourth-order valence-electron chi connectivity index (χ4n) is 4.73. The van der Waals surface area contributed by atoms with E-state index in [0.29, 0.717) is 24.4 Å². The first kappa shape index (κ1) is 24.9. The Morgan fingerprint density at radius 3 is 2.73 bits per heavy atom. The average molecular weight is 540 g/mol. The van der Waals surface area contributed by atoms with E-state index in [0.717, 1.165) is 10.6 Å². The second-order valence-corrected chi connectivity index (χ2v) is 9.15. The topological polar surface area (TPSA) is 129 Å². The first-order valence-corrected chi connectivity index (χ1v) is 11.7. The molecule has 3 aromatic rings. The molecule has 11 nitrogen and oxygen atoms in total. The lowest BCUT2D eigenvalue weighted by Gasteiger charge is -2.25. The number of aromatic nitrogens is 5. The maximum absolute atomic E-state index is 13.4. The summed E-state index contributed by atoms with van der Waals surface area (Å²) in [6.45, 7) is 0.755. The van der Waals surface area contributed by atoms with Crippen LogP contribution in [0.2, 0.25) is 5.02 Å². The SMILES string of the molecule is O=C(O)N1CCn2nc(C(=O)N3CCc4[nH]nnc4C3)c(Cl)c2C(Cc2ccccc2OC(F)(F)F)C1. The van der Waals surface area contributed by atoms with Crippen LogP contribution >= 0.6 is 11.6 Å². The Balaban J connectivity index is 1.48. The number of rotatable bonds is 4. The number of benzene rings is 1. The van der Waals surface area contributed by atoms with E-state index in [1.54, 1.807) is 11.0 Å². The number of nitrogens with one attached hydrogen (secondary N) is 1. The van der Waals surface area contributed by atoms with Crippen LogP contribution in [0, 0.1) is 0 Å². The summed E-state index contributed by atoms with van der Waals surface area (Å²) in [6.07, 6.45) is -5.57. The first-order valence-electron chi connectivity index (χ1n) is 11.4. The van der Waals surface area contributed by atoms with Gasteiger partial charge in [0.25, 0.3) is 5.91 Å². The Morgan fingerprint density at radius 1 is 1.19 bits per heavy atom. The number of hydrogen-bond acceptors (Lipinski definition) is 6. The standard InChI is InChI=1S/C22H21ClF3N7O4/c23-17-18(20(34)31-6-5-14-15(11-31)28-30-27-14)29-33-8-7-32(21(35)36)10-13(19(17)33)9-12-3-1-2-4-16(12)37-22(24,25)26/h1-4,13H,5-11H2,(H,35,36)(H,27,28,30). The molecule has 0 spiro atoms. The van der Waals surface area contributed by atoms with Gasteiger partial charge in [-0.2, -0.15) is 5.10 Å². The number of ether oxygens (including phenoxy) is 1. The van der Waals surface area contributed by atoms with Crippen LogP contribution in [0.15, 0.2) is 24.3 Å². The quantitative estimate of drug-likeness (QED) is 0.521. The fourth-order valence-corrected chi connectivity index (χ4v) is 5.10. The molecule has 2 aliphatic heterocycles. The molecular weight excluding hydrogens is 519 g/mol. The van der Waals surface area contributed by atoms with Gasteiger partial charge in [0.05, 0.1) is 29.5 Å². The lowest BCUT2D eigenvalue weighted by atomic mass is 9.94. The summed E-state index contributed by atoms with van der Waals surface area (Å²) >= 11 is 6.70. The summed E-state index contributed by atoms with van der Waals surface area (Å²) in [5.41, 5.74) is 2.09. The Kier molecular flexibility index (Phi) is 6.43. The largest absolute Gasteiger partial charge is 0.573 e. The molecule has 0 bridgehead atoms. The van der Waals surface area contributed by atoms with Gasteiger partial charge in [-0.1, -0.05) is 35.0 Å². The number of aromatic amines is 1. The molecule has 15 heteroatoms. The molecule has 1 unspecified atom stereocenters. The summed E-state index contributed by atoms with van der Waals surface area (Å²) in [5, 5.41) is 24.6. The van der Waals surface area contributed by atoms with Crippen molar-refractivity contribution in [2.75, 3.05) is 19.6 Å². The highest BCUT2D eigenvalue weighted by Gasteiger charge is 2.36. The molecule has 5 rings (SSSR count). The van der Waals surface area contributed by atoms with E-state index >= 15 is 0 Å². The molecule has 0 saturated carbocycles. The average Bonchev–Trinajstić information content (AvgIpc) is 3.39. The van der Waals surface area contributed by atoms with Crippen molar-refractivity contribution in [1.29, 1.82) is 0 Å². The Hall–Kier alpha value is -3.81. The van der Waals surface area contributed by atoms with E-state index in [-0.39, 0.29) is 48.9 Å². The number of hydrogen-bond donors (Lipinski definition) is 2. The minimum Gasteiger partial charge on any atom is -0.465 e. The van der Waals surface area contributed by atoms with Gasteiger partial charge >= 0.3 is 12.5 Å². The molecule has 1 aromatic carbocycles. The molecule has 1 atom stereocenters. The third-order valence-electron chi connectivity index (χ3n) is 6.44. The second-order valence-electron chi connectivity index (χ2n) is 8.77. The number of alkyl halides is 3. The third-order valence-corrected chi connectivity index (χ3v) is 6.81. The van der Waals surface area contributed by atoms with Crippen molar-refractivity contribution < 1.29 is 32.6 Å². The van der Waals surface area contributed by atoms with Crippen LogP contribution in [-0.4, -0.2) is 78.1 Å². The summed E-state index contributed by atoms with van der Waals surface area (Å²) in [6, 6.07) is 5.64. The second kappa shape index (κ2) is 9.57. The lowest BCUT2D eigenvalue weighted by molar-refractivity contribution is -0.274. The van der Waals surface area contributed by atoms with Crippen molar-refractivity contribution in [3.8, 4) is 5.75 Å². The number of nitrogens with zero attached hydrogens (tertiary/aromatic N) is 6. The number of fused-ring (bicyclic) bond motifs is 2. The van der Waals surface area contributed by atoms with E-state index in [1.807, 2.05) is 0 Å². The molecule has 0 saturated heterocycles. The van der Waals surface area contributed by atoms with Gasteiger partial charge in [0.2, 0.25) is 0 Å². The van der Waals surface area contributed by atoms with Crippen molar-refractivity contribution in [3.63, 3.8) is 0 Å². The maximum Gasteiger partial charge on any atom is 0.573 e. The van der Waals surface area contributed by atoms with Crippen LogP contribution in [0.1, 0.15) is 39.1 Å². The number of halogens is 4. The van der Waals surface area contributed by atoms with Crippen LogP contribution in [0.5, 0.6) is 5.75 Å². The van der Waals surface area contributed by atoms with Crippen LogP contribution in [0.4, 0.5) is 18.0 Å². The molecule has 2 amide bonds. The molecule has 37 heavy (non-hydrogen) atoms. The molecule has 2 N–H and O–H groups in total. The highest BCUT2D eigenvalue weighted by atomic mass is 35.5. The lowest BCUT2D eigenvalue weighted by Crippen LogP contribution is -2.36. The monoisotopic (exact) mass is 539 g/mol. The first-order chi connectivity index (χ1) is 17.6. The van der Waals surface area contributed by atoms with Crippen molar-refractivity contribution in [2.45, 2.75) is 38.2 Å². The number of carbonyl (C=O) groups is 2. The normalized spacial score (nSPS) is 17.7. The molecule has 0 radical (unpaired) electrons. The minimum atomic E-state index is -4.90. The van der Waals surface area contributed by atoms with Gasteiger partial charge in [-0.15, -0.1) is 18.3 Å². The zero-order chi connectivity index (χ0) is 26.3. The number of para-hydroxylation sites is 1. The Morgan fingerprint density at radius 2 is 1.97 bits per heavy atom. The number of carboxylic acid groups (broad SMARTS) is 1. The highest BCUT2D eigenvalue weighted by Crippen LogP contribution is 2.36. The van der Waals surface area contributed by atoms with Crippen LogP contribution in [0.25, 0.3) is 0 Å². The Labute approximate surface area is 212 Å². The van der Waals surface area contributed by atoms with Gasteiger partial charge in [-0.25, -0.2) is 4.79 Å². The van der Waals surface area contributed by atoms with Gasteiger partial charge in [0.1, 0.15) is 11.4 Å². The zero-order valence-electron chi connectivity index (χ0n) is 19.2. The Bertz CT molecular complexity index is 1340. The molecular formula is C22H21ClF3N7O4. The van der Waals surface area contributed by atoms with E-state index < -0.39 is 30.0 Å². The van der Waals surface area contributed by atoms with Gasteiger partial charge in [-0.3, -0.25) is 14.6 Å². The summed E-state index contributed by atoms with van der Waals surface area (Å²) in [7, 11) is 0. The molecule has 4 heterocycles. The number of carbonyl (C=O) groups excluding carboxylic acids is 1. The van der Waals surface area contributed by atoms with Crippen molar-refractivity contribution in [2.24, 2.45) is 0 Å². The van der Waals surface area contributed by atoms with Crippen LogP contribution in [-0.2, 0) is 25.9 Å². The van der Waals surface area contributed by atoms with Crippen molar-refractivity contribution in [1.82, 2.24) is 35.0 Å². The van der Waals surface area contributed by atoms with E-state index in [4.69, 9.17) is 11.6 Å². The van der Waals surface area contributed by atoms with Gasteiger partial charge < -0.3 is 19.6 Å². The van der Waals surface area contributed by atoms with Crippen LogP contribution < -0.4 is 4.74 Å². The van der Waals surface area contributed by atoms with Gasteiger partial charge in [-0.05, 0) is 18.1 Å². The van der Waals surface area contributed by atoms with E-state index in [1.165, 1.54) is 22.9 Å². The molecule has 196 valence electrons. The van der Waals surface area contributed by atoms with Crippen LogP contribution in [0.3, 0.4) is 0 Å². The summed E-state index contributed by atoms with van der Waals surface area (Å²) in [4.78, 5) is 27.9. The van der Waals surface area contributed by atoms with Gasteiger partial charge in [0, 0.05) is 32.0 Å². The molecule has 2 aliphatic rings. The molecule has 0 aliphatic carbocycles. The zero-order valence-corrected chi connectivity index (χ0v) is 20.0. The maximum atomic E-state index is 13.4. The van der Waals surface area contributed by atoms with Crippen molar-refractivity contribution >= 4 is 23.6 Å². The molecule has 0 fully saturated rings. The molecule has 2 aromatic heterocycles. The summed E-state index contributed by atoms with van der Waals surface area (Å²) in [5.74, 6) is -1.51. The van der Waals surface area contributed by atoms with Crippen molar-refractivity contribution in [3.05, 3.63) is 57.6 Å². The highest BCUT2D eigenvalue weighted by molar-refractivity contribution is 6.34. The van der Waals surface area contributed by atoms with E-state index in [9.17, 15) is 27.9 Å². The predicted octanol–water partition coefficient (Wildman–Crippen LogP) is 3.07. The number of amides is 2. The third kappa shape index (κ3) is 5.05. The number of H-pyrrole nitrogens is 1. The fraction of sp³-hybridized carbons (Fsp3) is 0.409. The predicted molar refractivity (Wildman–Crippen MR) is 121 cm³/mol. The summed E-state index contributed by atoms with van der Waals surface area (Å²) < 4.78 is 44.6. The van der Waals surface area contributed by atoms with E-state index in [2.05, 4.69) is 25.2 Å². The smallest absolute Gasteiger partial charge is 0.465 e.